The molecule has 0 saturated carbocycles. The van der Waals surface area contributed by atoms with Gasteiger partial charge in [0, 0.05) is 24.5 Å². The van der Waals surface area contributed by atoms with Gasteiger partial charge in [-0.1, -0.05) is 6.92 Å². The second-order valence-electron chi connectivity index (χ2n) is 3.09. The Morgan fingerprint density at radius 3 is 3.31 bits per heavy atom. The topological polar surface area (TPSA) is 38.1 Å². The maximum atomic E-state index is 5.59. The summed E-state index contributed by atoms with van der Waals surface area (Å²) in [4.78, 5) is 4.19. The average molecular weight is 198 g/mol. The minimum atomic E-state index is 0.367. The van der Waals surface area contributed by atoms with E-state index in [1.807, 2.05) is 18.0 Å². The number of hydrogen-bond acceptors (Lipinski definition) is 4. The summed E-state index contributed by atoms with van der Waals surface area (Å²) in [5.41, 5.74) is 0. The van der Waals surface area contributed by atoms with Crippen molar-refractivity contribution in [3.8, 4) is 0 Å². The highest BCUT2D eigenvalue weighted by Gasteiger charge is 2.18. The largest absolute Gasteiger partial charge is 0.444 e. The van der Waals surface area contributed by atoms with Crippen LogP contribution in [0.4, 0.5) is 0 Å². The summed E-state index contributed by atoms with van der Waals surface area (Å²) in [5, 5.41) is 3.42. The van der Waals surface area contributed by atoms with Crippen LogP contribution in [0.15, 0.2) is 10.6 Å². The Hall–Kier alpha value is -0.480. The second kappa shape index (κ2) is 4.15. The predicted molar refractivity (Wildman–Crippen MR) is 53.9 cm³/mol. The van der Waals surface area contributed by atoms with Crippen LogP contribution in [0.5, 0.6) is 0 Å². The number of aryl methyl sites for hydroxylation is 1. The molecule has 1 aromatic rings. The first-order valence-electron chi connectivity index (χ1n) is 4.66. The standard InChI is InChI=1S/C9H14N2OS/c1-2-9-11-5-8(12-9)7-6-13-4-3-10-7/h5,7,10H,2-4,6H2,1H3. The normalized spacial score (nSPS) is 23.3. The molecule has 0 amide bonds. The summed E-state index contributed by atoms with van der Waals surface area (Å²) in [5.74, 6) is 4.13. The zero-order valence-corrected chi connectivity index (χ0v) is 8.56. The summed E-state index contributed by atoms with van der Waals surface area (Å²) >= 11 is 1.96. The highest BCUT2D eigenvalue weighted by Crippen LogP contribution is 2.22. The smallest absolute Gasteiger partial charge is 0.194 e. The number of oxazole rings is 1. The van der Waals surface area contributed by atoms with Crippen molar-refractivity contribution in [2.75, 3.05) is 18.1 Å². The van der Waals surface area contributed by atoms with E-state index >= 15 is 0 Å². The van der Waals surface area contributed by atoms with Crippen LogP contribution in [0.1, 0.15) is 24.6 Å². The van der Waals surface area contributed by atoms with E-state index in [-0.39, 0.29) is 0 Å². The van der Waals surface area contributed by atoms with Crippen molar-refractivity contribution in [3.63, 3.8) is 0 Å². The van der Waals surface area contributed by atoms with E-state index in [0.717, 1.165) is 30.4 Å². The third-order valence-electron chi connectivity index (χ3n) is 2.14. The molecule has 72 valence electrons. The fraction of sp³-hybridized carbons (Fsp3) is 0.667. The van der Waals surface area contributed by atoms with Crippen LogP contribution >= 0.6 is 11.8 Å². The molecule has 2 heterocycles. The van der Waals surface area contributed by atoms with E-state index in [2.05, 4.69) is 17.2 Å². The van der Waals surface area contributed by atoms with Gasteiger partial charge in [0.1, 0.15) is 5.76 Å². The molecule has 4 heteroatoms. The van der Waals surface area contributed by atoms with Crippen LogP contribution in [-0.4, -0.2) is 23.0 Å². The van der Waals surface area contributed by atoms with Crippen LogP contribution in [0.3, 0.4) is 0 Å². The van der Waals surface area contributed by atoms with E-state index in [1.165, 1.54) is 5.75 Å². The van der Waals surface area contributed by atoms with Gasteiger partial charge in [0.05, 0.1) is 12.2 Å². The Labute approximate surface area is 82.3 Å². The maximum Gasteiger partial charge on any atom is 0.194 e. The van der Waals surface area contributed by atoms with Crippen molar-refractivity contribution in [3.05, 3.63) is 17.8 Å². The molecule has 13 heavy (non-hydrogen) atoms. The lowest BCUT2D eigenvalue weighted by Gasteiger charge is -2.20. The molecule has 0 aromatic carbocycles. The van der Waals surface area contributed by atoms with Gasteiger partial charge in [0.2, 0.25) is 0 Å². The first-order chi connectivity index (χ1) is 6.40. The molecule has 3 nitrogen and oxygen atoms in total. The number of thioether (sulfide) groups is 1. The van der Waals surface area contributed by atoms with Gasteiger partial charge >= 0.3 is 0 Å². The zero-order valence-electron chi connectivity index (χ0n) is 7.75. The number of aromatic nitrogens is 1. The molecule has 1 aliphatic rings. The Bertz CT molecular complexity index is 268. The minimum absolute atomic E-state index is 0.367. The number of rotatable bonds is 2. The molecule has 0 aliphatic carbocycles. The average Bonchev–Trinajstić information content (AvgIpc) is 2.67. The van der Waals surface area contributed by atoms with Gasteiger partial charge in [0.15, 0.2) is 5.89 Å². The van der Waals surface area contributed by atoms with Crippen LogP contribution in [0, 0.1) is 0 Å². The molecule has 1 aliphatic heterocycles. The molecule has 0 spiro atoms. The number of nitrogens with one attached hydrogen (secondary N) is 1. The van der Waals surface area contributed by atoms with Gasteiger partial charge in [-0.2, -0.15) is 11.8 Å². The maximum absolute atomic E-state index is 5.59. The van der Waals surface area contributed by atoms with Crippen molar-refractivity contribution < 1.29 is 4.42 Å². The van der Waals surface area contributed by atoms with Crippen LogP contribution in [0.25, 0.3) is 0 Å². The molecular weight excluding hydrogens is 184 g/mol. The minimum Gasteiger partial charge on any atom is -0.444 e. The molecule has 1 saturated heterocycles. The predicted octanol–water partition coefficient (Wildman–Crippen LogP) is 1.61. The van der Waals surface area contributed by atoms with Gasteiger partial charge in [-0.15, -0.1) is 0 Å². The fourth-order valence-corrected chi connectivity index (χ4v) is 2.34. The molecule has 1 atom stereocenters. The molecule has 1 unspecified atom stereocenters. The van der Waals surface area contributed by atoms with Crippen LogP contribution in [0.2, 0.25) is 0 Å². The summed E-state index contributed by atoms with van der Waals surface area (Å²) in [6.45, 7) is 3.12. The SMILES string of the molecule is CCc1ncc(C2CSCCN2)o1. The first-order valence-corrected chi connectivity index (χ1v) is 5.81. The second-order valence-corrected chi connectivity index (χ2v) is 4.24. The van der Waals surface area contributed by atoms with Gasteiger partial charge in [-0.05, 0) is 0 Å². The highest BCUT2D eigenvalue weighted by atomic mass is 32.2. The lowest BCUT2D eigenvalue weighted by Crippen LogP contribution is -2.29. The van der Waals surface area contributed by atoms with Gasteiger partial charge in [-0.3, -0.25) is 0 Å². The lowest BCUT2D eigenvalue weighted by atomic mass is 10.3. The molecule has 1 N–H and O–H groups in total. The van der Waals surface area contributed by atoms with Gasteiger partial charge in [-0.25, -0.2) is 4.98 Å². The summed E-state index contributed by atoms with van der Waals surface area (Å²) < 4.78 is 5.59. The summed E-state index contributed by atoms with van der Waals surface area (Å²) in [6, 6.07) is 0.367. The monoisotopic (exact) mass is 198 g/mol. The highest BCUT2D eigenvalue weighted by molar-refractivity contribution is 7.99. The quantitative estimate of drug-likeness (QED) is 0.783. The lowest BCUT2D eigenvalue weighted by molar-refractivity contribution is 0.409. The van der Waals surface area contributed by atoms with E-state index in [0.29, 0.717) is 6.04 Å². The Morgan fingerprint density at radius 1 is 1.77 bits per heavy atom. The van der Waals surface area contributed by atoms with Gasteiger partial charge in [0.25, 0.3) is 0 Å². The first kappa shape index (κ1) is 9.09. The zero-order chi connectivity index (χ0) is 9.10. The van der Waals surface area contributed by atoms with E-state index in [4.69, 9.17) is 4.42 Å². The van der Waals surface area contributed by atoms with Crippen molar-refractivity contribution in [2.45, 2.75) is 19.4 Å². The summed E-state index contributed by atoms with van der Waals surface area (Å²) in [6.07, 6.45) is 2.72. The number of nitrogens with zero attached hydrogens (tertiary/aromatic N) is 1. The number of hydrogen-bond donors (Lipinski definition) is 1. The molecule has 0 bridgehead atoms. The van der Waals surface area contributed by atoms with Crippen molar-refractivity contribution in [2.24, 2.45) is 0 Å². The van der Waals surface area contributed by atoms with E-state index < -0.39 is 0 Å². The Kier molecular flexibility index (Phi) is 2.90. The van der Waals surface area contributed by atoms with E-state index in [1.54, 1.807) is 0 Å². The van der Waals surface area contributed by atoms with Gasteiger partial charge < -0.3 is 9.73 Å². The van der Waals surface area contributed by atoms with Crippen molar-refractivity contribution in [1.82, 2.24) is 10.3 Å². The Morgan fingerprint density at radius 2 is 2.69 bits per heavy atom. The summed E-state index contributed by atoms with van der Waals surface area (Å²) in [7, 11) is 0. The third kappa shape index (κ3) is 2.06. The van der Waals surface area contributed by atoms with Crippen molar-refractivity contribution in [1.29, 1.82) is 0 Å². The fourth-order valence-electron chi connectivity index (χ4n) is 1.40. The third-order valence-corrected chi connectivity index (χ3v) is 3.20. The molecule has 1 fully saturated rings. The van der Waals surface area contributed by atoms with Crippen LogP contribution < -0.4 is 5.32 Å². The molecule has 0 radical (unpaired) electrons. The molecule has 2 rings (SSSR count). The molecule has 1 aromatic heterocycles. The van der Waals surface area contributed by atoms with Crippen LogP contribution in [-0.2, 0) is 6.42 Å². The molecular formula is C9H14N2OS. The van der Waals surface area contributed by atoms with Crippen molar-refractivity contribution >= 4 is 11.8 Å². The Balaban J connectivity index is 2.05. The van der Waals surface area contributed by atoms with E-state index in [9.17, 15) is 0 Å².